The predicted molar refractivity (Wildman–Crippen MR) is 70.1 cm³/mol. The molecule has 18 heavy (non-hydrogen) atoms. The summed E-state index contributed by atoms with van der Waals surface area (Å²) in [6.45, 7) is 5.97. The Bertz CT molecular complexity index is 476. The lowest BCUT2D eigenvalue weighted by Crippen LogP contribution is -2.33. The van der Waals surface area contributed by atoms with Crippen LogP contribution in [0.3, 0.4) is 0 Å². The van der Waals surface area contributed by atoms with E-state index in [1.165, 1.54) is 5.56 Å². The van der Waals surface area contributed by atoms with Crippen LogP contribution in [0.15, 0.2) is 29.4 Å². The molecule has 1 aromatic carbocycles. The first-order valence-corrected chi connectivity index (χ1v) is 5.66. The van der Waals surface area contributed by atoms with Gasteiger partial charge in [-0.05, 0) is 24.0 Å². The molecule has 0 radical (unpaired) electrons. The van der Waals surface area contributed by atoms with E-state index in [9.17, 15) is 9.59 Å². The minimum absolute atomic E-state index is 0.464. The highest BCUT2D eigenvalue weighted by Crippen LogP contribution is 2.14. The number of amides is 2. The second-order valence-corrected chi connectivity index (χ2v) is 4.28. The number of benzene rings is 1. The third-order valence-electron chi connectivity index (χ3n) is 2.54. The maximum Gasteiger partial charge on any atom is 0.329 e. The van der Waals surface area contributed by atoms with Crippen LogP contribution in [0, 0.1) is 0 Å². The van der Waals surface area contributed by atoms with Gasteiger partial charge in [0.25, 0.3) is 0 Å². The first-order valence-electron chi connectivity index (χ1n) is 5.66. The van der Waals surface area contributed by atoms with Crippen molar-refractivity contribution >= 4 is 17.5 Å². The van der Waals surface area contributed by atoms with Crippen molar-refractivity contribution in [2.75, 3.05) is 0 Å². The summed E-state index contributed by atoms with van der Waals surface area (Å²) in [5.74, 6) is -1.51. The molecule has 0 atom stereocenters. The van der Waals surface area contributed by atoms with E-state index in [0.717, 1.165) is 5.56 Å². The van der Waals surface area contributed by atoms with E-state index in [-0.39, 0.29) is 0 Å². The monoisotopic (exact) mass is 247 g/mol. The highest BCUT2D eigenvalue weighted by molar-refractivity contribution is 6.34. The zero-order valence-electron chi connectivity index (χ0n) is 10.7. The molecule has 0 heterocycles. The van der Waals surface area contributed by atoms with Gasteiger partial charge in [-0.25, -0.2) is 5.43 Å². The molecule has 0 aromatic heterocycles. The van der Waals surface area contributed by atoms with Crippen molar-refractivity contribution in [1.82, 2.24) is 5.43 Å². The van der Waals surface area contributed by atoms with E-state index in [4.69, 9.17) is 5.73 Å². The van der Waals surface area contributed by atoms with Crippen LogP contribution in [-0.4, -0.2) is 17.5 Å². The van der Waals surface area contributed by atoms with Crippen LogP contribution in [0.5, 0.6) is 0 Å². The lowest BCUT2D eigenvalue weighted by atomic mass is 10.0. The number of hydrogen-bond donors (Lipinski definition) is 2. The Morgan fingerprint density at radius 3 is 2.22 bits per heavy atom. The largest absolute Gasteiger partial charge is 0.361 e. The Labute approximate surface area is 106 Å². The van der Waals surface area contributed by atoms with Crippen LogP contribution >= 0.6 is 0 Å². The van der Waals surface area contributed by atoms with Crippen molar-refractivity contribution in [3.8, 4) is 0 Å². The molecule has 0 spiro atoms. The summed E-state index contributed by atoms with van der Waals surface area (Å²) in [7, 11) is 0. The predicted octanol–water partition coefficient (Wildman–Crippen LogP) is 1.14. The fraction of sp³-hybridized carbons (Fsp3) is 0.308. The lowest BCUT2D eigenvalue weighted by molar-refractivity contribution is -0.137. The molecule has 0 aliphatic rings. The fourth-order valence-electron chi connectivity index (χ4n) is 1.36. The number of hydrazone groups is 1. The summed E-state index contributed by atoms with van der Waals surface area (Å²) in [6, 6.07) is 7.86. The van der Waals surface area contributed by atoms with Gasteiger partial charge in [0, 0.05) is 0 Å². The van der Waals surface area contributed by atoms with Crippen molar-refractivity contribution < 1.29 is 9.59 Å². The molecular formula is C13H17N3O2. The fourth-order valence-corrected chi connectivity index (χ4v) is 1.36. The van der Waals surface area contributed by atoms with Crippen LogP contribution in [0.25, 0.3) is 0 Å². The molecule has 3 N–H and O–H groups in total. The van der Waals surface area contributed by atoms with Crippen molar-refractivity contribution in [1.29, 1.82) is 0 Å². The molecule has 96 valence electrons. The summed E-state index contributed by atoms with van der Waals surface area (Å²) in [5, 5.41) is 3.81. The zero-order valence-corrected chi connectivity index (χ0v) is 10.7. The quantitative estimate of drug-likeness (QED) is 0.477. The summed E-state index contributed by atoms with van der Waals surface area (Å²) < 4.78 is 0. The lowest BCUT2D eigenvalue weighted by Gasteiger charge is -2.06. The molecule has 2 amide bonds. The highest BCUT2D eigenvalue weighted by Gasteiger charge is 2.07. The van der Waals surface area contributed by atoms with E-state index < -0.39 is 11.8 Å². The average molecular weight is 247 g/mol. The topological polar surface area (TPSA) is 84.6 Å². The Hall–Kier alpha value is -2.17. The molecule has 0 unspecified atom stereocenters. The number of rotatable bonds is 3. The molecule has 0 bridgehead atoms. The molecule has 0 aliphatic heterocycles. The van der Waals surface area contributed by atoms with E-state index in [0.29, 0.717) is 11.6 Å². The first kappa shape index (κ1) is 13.9. The molecule has 0 saturated heterocycles. The summed E-state index contributed by atoms with van der Waals surface area (Å²) >= 11 is 0. The summed E-state index contributed by atoms with van der Waals surface area (Å²) in [4.78, 5) is 21.4. The molecule has 0 saturated carbocycles. The van der Waals surface area contributed by atoms with Gasteiger partial charge >= 0.3 is 11.8 Å². The van der Waals surface area contributed by atoms with Crippen molar-refractivity contribution in [3.05, 3.63) is 35.4 Å². The van der Waals surface area contributed by atoms with Crippen LogP contribution in [0.2, 0.25) is 0 Å². The van der Waals surface area contributed by atoms with E-state index >= 15 is 0 Å². The molecule has 5 heteroatoms. The van der Waals surface area contributed by atoms with Gasteiger partial charge < -0.3 is 5.73 Å². The highest BCUT2D eigenvalue weighted by atomic mass is 16.2. The minimum atomic E-state index is -1.05. The minimum Gasteiger partial charge on any atom is -0.361 e. The van der Waals surface area contributed by atoms with Gasteiger partial charge in [0.1, 0.15) is 0 Å². The van der Waals surface area contributed by atoms with Gasteiger partial charge in [0.2, 0.25) is 0 Å². The number of nitrogens with two attached hydrogens (primary N) is 1. The standard InChI is InChI=1S/C13H17N3O2/c1-8(2)10-4-6-11(7-5-10)9(3)15-16-13(18)12(14)17/h4-8H,1-3H3,(H2,14,17)(H,16,18)/b15-9-. The maximum absolute atomic E-state index is 10.9. The number of hydrogen-bond acceptors (Lipinski definition) is 3. The van der Waals surface area contributed by atoms with E-state index in [2.05, 4.69) is 24.4 Å². The zero-order chi connectivity index (χ0) is 13.7. The first-order chi connectivity index (χ1) is 8.41. The third-order valence-corrected chi connectivity index (χ3v) is 2.54. The number of carbonyl (C=O) groups excluding carboxylic acids is 2. The number of carbonyl (C=O) groups is 2. The number of primary amides is 1. The maximum atomic E-state index is 10.9. The van der Waals surface area contributed by atoms with Gasteiger partial charge in [-0.15, -0.1) is 0 Å². The number of nitrogens with one attached hydrogen (secondary N) is 1. The normalized spacial score (nSPS) is 11.4. The second kappa shape index (κ2) is 5.95. The van der Waals surface area contributed by atoms with Gasteiger partial charge in [-0.1, -0.05) is 38.1 Å². The molecule has 0 aliphatic carbocycles. The van der Waals surface area contributed by atoms with Crippen molar-refractivity contribution in [3.63, 3.8) is 0 Å². The van der Waals surface area contributed by atoms with Crippen LogP contribution in [0.1, 0.15) is 37.8 Å². The Morgan fingerprint density at radius 2 is 1.78 bits per heavy atom. The van der Waals surface area contributed by atoms with Crippen LogP contribution in [-0.2, 0) is 9.59 Å². The van der Waals surface area contributed by atoms with E-state index in [1.54, 1.807) is 6.92 Å². The van der Waals surface area contributed by atoms with Crippen molar-refractivity contribution in [2.24, 2.45) is 10.8 Å². The van der Waals surface area contributed by atoms with Gasteiger partial charge in [0.05, 0.1) is 5.71 Å². The molecular weight excluding hydrogens is 230 g/mol. The smallest absolute Gasteiger partial charge is 0.329 e. The van der Waals surface area contributed by atoms with Crippen LogP contribution in [0.4, 0.5) is 0 Å². The average Bonchev–Trinajstić information content (AvgIpc) is 2.35. The Kier molecular flexibility index (Phi) is 4.59. The molecule has 1 aromatic rings. The molecule has 1 rings (SSSR count). The van der Waals surface area contributed by atoms with Gasteiger partial charge in [0.15, 0.2) is 0 Å². The van der Waals surface area contributed by atoms with E-state index in [1.807, 2.05) is 24.3 Å². The second-order valence-electron chi connectivity index (χ2n) is 4.28. The Balaban J connectivity index is 2.78. The SMILES string of the molecule is C/C(=N/NC(=O)C(N)=O)c1ccc(C(C)C)cc1. The third kappa shape index (κ3) is 3.69. The Morgan fingerprint density at radius 1 is 1.22 bits per heavy atom. The van der Waals surface area contributed by atoms with Gasteiger partial charge in [-0.2, -0.15) is 5.10 Å². The molecule has 5 nitrogen and oxygen atoms in total. The number of nitrogens with zero attached hydrogens (tertiary/aromatic N) is 1. The summed E-state index contributed by atoms with van der Waals surface area (Å²) in [6.07, 6.45) is 0. The van der Waals surface area contributed by atoms with Gasteiger partial charge in [-0.3, -0.25) is 9.59 Å². The summed E-state index contributed by atoms with van der Waals surface area (Å²) in [5.41, 5.74) is 9.61. The molecule has 0 fully saturated rings. The van der Waals surface area contributed by atoms with Crippen LogP contribution < -0.4 is 11.2 Å². The van der Waals surface area contributed by atoms with Crippen molar-refractivity contribution in [2.45, 2.75) is 26.7 Å².